The number of nitro groups is 1. The molecular weight excluding hydrogens is 244 g/mol. The van der Waals surface area contributed by atoms with E-state index in [9.17, 15) is 14.9 Å². The number of amides is 1. The molecule has 1 N–H and O–H groups in total. The quantitative estimate of drug-likeness (QED) is 0.513. The molecule has 1 atom stereocenters. The molecule has 0 saturated heterocycles. The van der Waals surface area contributed by atoms with E-state index in [1.165, 1.54) is 6.07 Å². The second kappa shape index (κ2) is 5.65. The Kier molecular flexibility index (Phi) is 3.94. The number of aryl methyl sites for hydroxylation is 1. The largest absolute Gasteiger partial charge is 0.326 e. The van der Waals surface area contributed by atoms with Crippen LogP contribution < -0.4 is 5.32 Å². The summed E-state index contributed by atoms with van der Waals surface area (Å²) in [4.78, 5) is 22.2. The van der Waals surface area contributed by atoms with Crippen LogP contribution in [0.25, 0.3) is 0 Å². The fourth-order valence-electron chi connectivity index (χ4n) is 2.20. The van der Waals surface area contributed by atoms with Crippen molar-refractivity contribution in [2.24, 2.45) is 5.92 Å². The summed E-state index contributed by atoms with van der Waals surface area (Å²) in [5, 5.41) is 13.5. The number of hydrogen-bond acceptors (Lipinski definition) is 3. The van der Waals surface area contributed by atoms with Crippen molar-refractivity contribution in [3.05, 3.63) is 46.0 Å². The lowest BCUT2D eigenvalue weighted by Crippen LogP contribution is -2.14. The number of nitrogens with one attached hydrogen (secondary N) is 1. The van der Waals surface area contributed by atoms with Crippen LogP contribution in [0.15, 0.2) is 30.4 Å². The summed E-state index contributed by atoms with van der Waals surface area (Å²) in [6, 6.07) is 4.73. The Morgan fingerprint density at radius 2 is 2.32 bits per heavy atom. The van der Waals surface area contributed by atoms with E-state index in [0.717, 1.165) is 12.8 Å². The Labute approximate surface area is 111 Å². The maximum Gasteiger partial charge on any atom is 0.274 e. The molecule has 1 aromatic carbocycles. The second-order valence-corrected chi connectivity index (χ2v) is 4.78. The van der Waals surface area contributed by atoms with Crippen molar-refractivity contribution < 1.29 is 9.72 Å². The molecule has 0 fully saturated rings. The van der Waals surface area contributed by atoms with Gasteiger partial charge in [-0.15, -0.1) is 0 Å². The average molecular weight is 260 g/mol. The van der Waals surface area contributed by atoms with Gasteiger partial charge in [0.2, 0.25) is 5.91 Å². The molecule has 5 nitrogen and oxygen atoms in total. The molecular formula is C14H16N2O3. The number of benzene rings is 1. The summed E-state index contributed by atoms with van der Waals surface area (Å²) in [5.74, 6) is 0.190. The zero-order valence-electron chi connectivity index (χ0n) is 10.8. The van der Waals surface area contributed by atoms with E-state index in [1.807, 2.05) is 0 Å². The monoisotopic (exact) mass is 260 g/mol. The highest BCUT2D eigenvalue weighted by molar-refractivity contribution is 5.91. The Hall–Kier alpha value is -2.17. The number of rotatable bonds is 4. The van der Waals surface area contributed by atoms with Crippen LogP contribution in [0.5, 0.6) is 0 Å². The first-order valence-corrected chi connectivity index (χ1v) is 6.28. The number of hydrogen-bond donors (Lipinski definition) is 1. The number of nitrogens with zero attached hydrogens (tertiary/aromatic N) is 1. The van der Waals surface area contributed by atoms with Gasteiger partial charge < -0.3 is 5.32 Å². The highest BCUT2D eigenvalue weighted by atomic mass is 16.6. The van der Waals surface area contributed by atoms with Crippen molar-refractivity contribution in [1.82, 2.24) is 0 Å². The second-order valence-electron chi connectivity index (χ2n) is 4.78. The Balaban J connectivity index is 2.02. The molecule has 1 aliphatic rings. The van der Waals surface area contributed by atoms with E-state index in [4.69, 9.17) is 0 Å². The summed E-state index contributed by atoms with van der Waals surface area (Å²) < 4.78 is 0. The zero-order valence-corrected chi connectivity index (χ0v) is 10.8. The first kappa shape index (κ1) is 13.3. The van der Waals surface area contributed by atoms with Crippen LogP contribution >= 0.6 is 0 Å². The van der Waals surface area contributed by atoms with Gasteiger partial charge in [0, 0.05) is 23.7 Å². The van der Waals surface area contributed by atoms with Gasteiger partial charge in [0.25, 0.3) is 5.69 Å². The number of allylic oxidation sites excluding steroid dienone is 2. The van der Waals surface area contributed by atoms with Gasteiger partial charge in [-0.25, -0.2) is 0 Å². The van der Waals surface area contributed by atoms with Gasteiger partial charge in [-0.05, 0) is 31.7 Å². The Morgan fingerprint density at radius 1 is 1.53 bits per heavy atom. The van der Waals surface area contributed by atoms with Crippen LogP contribution in [0.3, 0.4) is 0 Å². The lowest BCUT2D eigenvalue weighted by Gasteiger charge is -2.09. The molecule has 0 heterocycles. The van der Waals surface area contributed by atoms with Crippen molar-refractivity contribution >= 4 is 17.3 Å². The number of anilines is 1. The highest BCUT2D eigenvalue weighted by Gasteiger charge is 2.16. The standard InChI is InChI=1S/C14H16N2O3/c1-10-6-7-12(9-13(10)16(18)19)15-14(17)8-11-4-2-3-5-11/h2,4,6-7,9,11H,3,5,8H2,1H3,(H,15,17)/t11-/m1/s1. The van der Waals surface area contributed by atoms with Crippen molar-refractivity contribution in [3.63, 3.8) is 0 Å². The fraction of sp³-hybridized carbons (Fsp3) is 0.357. The Bertz CT molecular complexity index is 537. The molecule has 0 unspecified atom stereocenters. The van der Waals surface area contributed by atoms with E-state index in [1.54, 1.807) is 19.1 Å². The van der Waals surface area contributed by atoms with E-state index in [0.29, 0.717) is 23.6 Å². The minimum atomic E-state index is -0.440. The predicted molar refractivity (Wildman–Crippen MR) is 72.9 cm³/mol. The third-order valence-corrected chi connectivity index (χ3v) is 3.25. The van der Waals surface area contributed by atoms with E-state index >= 15 is 0 Å². The lowest BCUT2D eigenvalue weighted by molar-refractivity contribution is -0.385. The molecule has 1 aliphatic carbocycles. The van der Waals surface area contributed by atoms with Crippen molar-refractivity contribution in [2.45, 2.75) is 26.2 Å². The maximum atomic E-state index is 11.8. The van der Waals surface area contributed by atoms with Crippen LogP contribution in [-0.4, -0.2) is 10.8 Å². The van der Waals surface area contributed by atoms with Crippen molar-refractivity contribution in [3.8, 4) is 0 Å². The third-order valence-electron chi connectivity index (χ3n) is 3.25. The molecule has 100 valence electrons. The van der Waals surface area contributed by atoms with Crippen LogP contribution in [0.4, 0.5) is 11.4 Å². The molecule has 1 amide bonds. The van der Waals surface area contributed by atoms with E-state index < -0.39 is 4.92 Å². The van der Waals surface area contributed by atoms with Crippen LogP contribution in [0, 0.1) is 23.0 Å². The zero-order chi connectivity index (χ0) is 13.8. The molecule has 0 saturated carbocycles. The molecule has 0 bridgehead atoms. The molecule has 19 heavy (non-hydrogen) atoms. The van der Waals surface area contributed by atoms with Gasteiger partial charge in [0.1, 0.15) is 0 Å². The Morgan fingerprint density at radius 3 is 2.95 bits per heavy atom. The number of carbonyl (C=O) groups is 1. The van der Waals surface area contributed by atoms with Gasteiger partial charge in [-0.2, -0.15) is 0 Å². The maximum absolute atomic E-state index is 11.8. The summed E-state index contributed by atoms with van der Waals surface area (Å²) >= 11 is 0. The molecule has 5 heteroatoms. The summed E-state index contributed by atoms with van der Waals surface area (Å²) in [6.07, 6.45) is 6.58. The molecule has 0 aliphatic heterocycles. The molecule has 0 aromatic heterocycles. The van der Waals surface area contributed by atoms with Crippen LogP contribution in [-0.2, 0) is 4.79 Å². The SMILES string of the molecule is Cc1ccc(NC(=O)C[C@@H]2C=CCC2)cc1[N+](=O)[O-]. The van der Waals surface area contributed by atoms with Crippen LogP contribution in [0.2, 0.25) is 0 Å². The smallest absolute Gasteiger partial charge is 0.274 e. The summed E-state index contributed by atoms with van der Waals surface area (Å²) in [6.45, 7) is 1.67. The molecule has 0 spiro atoms. The van der Waals surface area contributed by atoms with Crippen molar-refractivity contribution in [2.75, 3.05) is 5.32 Å². The summed E-state index contributed by atoms with van der Waals surface area (Å²) in [5.41, 5.74) is 1.09. The van der Waals surface area contributed by atoms with Gasteiger partial charge in [-0.1, -0.05) is 18.2 Å². The topological polar surface area (TPSA) is 72.2 Å². The predicted octanol–water partition coefficient (Wildman–Crippen LogP) is 3.20. The van der Waals surface area contributed by atoms with Gasteiger partial charge >= 0.3 is 0 Å². The minimum Gasteiger partial charge on any atom is -0.326 e. The van der Waals surface area contributed by atoms with Crippen molar-refractivity contribution in [1.29, 1.82) is 0 Å². The molecule has 0 radical (unpaired) electrons. The molecule has 2 rings (SSSR count). The fourth-order valence-corrected chi connectivity index (χ4v) is 2.20. The normalized spacial score (nSPS) is 17.4. The number of carbonyl (C=O) groups excluding carboxylic acids is 1. The van der Waals surface area contributed by atoms with Crippen LogP contribution in [0.1, 0.15) is 24.8 Å². The van der Waals surface area contributed by atoms with E-state index in [-0.39, 0.29) is 11.6 Å². The van der Waals surface area contributed by atoms with Gasteiger partial charge in [0.05, 0.1) is 4.92 Å². The van der Waals surface area contributed by atoms with Gasteiger partial charge in [0.15, 0.2) is 0 Å². The first-order chi connectivity index (χ1) is 9.06. The first-order valence-electron chi connectivity index (χ1n) is 6.28. The molecule has 1 aromatic rings. The minimum absolute atomic E-state index is 0.0264. The van der Waals surface area contributed by atoms with Gasteiger partial charge in [-0.3, -0.25) is 14.9 Å². The summed E-state index contributed by atoms with van der Waals surface area (Å²) in [7, 11) is 0. The lowest BCUT2D eigenvalue weighted by atomic mass is 10.0. The third kappa shape index (κ3) is 3.40. The highest BCUT2D eigenvalue weighted by Crippen LogP contribution is 2.24. The number of nitro benzene ring substituents is 1. The van der Waals surface area contributed by atoms with E-state index in [2.05, 4.69) is 17.5 Å². The average Bonchev–Trinajstić information content (AvgIpc) is 2.84.